The molecule has 0 saturated carbocycles. The SMILES string of the molecule is CCC(=O)Nc1cc(CNC(=O)c2cnc(OCC(F)(F)F)c(Cl)c2)cc(C)n1. The van der Waals surface area contributed by atoms with Gasteiger partial charge in [0.15, 0.2) is 6.61 Å². The number of anilines is 1. The number of hydrogen-bond acceptors (Lipinski definition) is 5. The Morgan fingerprint density at radius 3 is 2.59 bits per heavy atom. The summed E-state index contributed by atoms with van der Waals surface area (Å²) >= 11 is 5.84. The number of nitrogens with one attached hydrogen (secondary N) is 2. The van der Waals surface area contributed by atoms with E-state index >= 15 is 0 Å². The Morgan fingerprint density at radius 2 is 1.97 bits per heavy atom. The monoisotopic (exact) mass is 430 g/mol. The summed E-state index contributed by atoms with van der Waals surface area (Å²) in [5.41, 5.74) is 1.40. The second kappa shape index (κ2) is 9.55. The van der Waals surface area contributed by atoms with E-state index in [1.165, 1.54) is 6.07 Å². The lowest BCUT2D eigenvalue weighted by Crippen LogP contribution is -2.23. The van der Waals surface area contributed by atoms with Crippen LogP contribution in [0.25, 0.3) is 0 Å². The van der Waals surface area contributed by atoms with Gasteiger partial charge in [-0.25, -0.2) is 9.97 Å². The van der Waals surface area contributed by atoms with Crippen LogP contribution < -0.4 is 15.4 Å². The third-order valence-electron chi connectivity index (χ3n) is 3.50. The molecule has 0 unspecified atom stereocenters. The third kappa shape index (κ3) is 7.22. The van der Waals surface area contributed by atoms with Crippen LogP contribution in [-0.4, -0.2) is 34.6 Å². The van der Waals surface area contributed by atoms with E-state index in [1.54, 1.807) is 26.0 Å². The Kier molecular flexibility index (Phi) is 7.38. The first-order chi connectivity index (χ1) is 13.6. The van der Waals surface area contributed by atoms with Crippen LogP contribution in [-0.2, 0) is 11.3 Å². The third-order valence-corrected chi connectivity index (χ3v) is 3.77. The van der Waals surface area contributed by atoms with Crippen molar-refractivity contribution in [1.29, 1.82) is 0 Å². The molecule has 156 valence electrons. The van der Waals surface area contributed by atoms with Crippen molar-refractivity contribution in [3.8, 4) is 5.88 Å². The Balaban J connectivity index is 2.02. The van der Waals surface area contributed by atoms with Gasteiger partial charge in [0.25, 0.3) is 5.91 Å². The molecule has 7 nitrogen and oxygen atoms in total. The van der Waals surface area contributed by atoms with Crippen molar-refractivity contribution in [3.63, 3.8) is 0 Å². The Bertz CT molecular complexity index is 906. The van der Waals surface area contributed by atoms with Gasteiger partial charge in [-0.15, -0.1) is 0 Å². The first-order valence-corrected chi connectivity index (χ1v) is 8.86. The molecule has 29 heavy (non-hydrogen) atoms. The highest BCUT2D eigenvalue weighted by Gasteiger charge is 2.29. The normalized spacial score (nSPS) is 11.1. The van der Waals surface area contributed by atoms with Crippen molar-refractivity contribution in [2.24, 2.45) is 0 Å². The lowest BCUT2D eigenvalue weighted by molar-refractivity contribution is -0.154. The van der Waals surface area contributed by atoms with Crippen molar-refractivity contribution in [3.05, 3.63) is 46.2 Å². The van der Waals surface area contributed by atoms with Gasteiger partial charge >= 0.3 is 6.18 Å². The lowest BCUT2D eigenvalue weighted by Gasteiger charge is -2.11. The summed E-state index contributed by atoms with van der Waals surface area (Å²) in [5.74, 6) is -0.763. The largest absolute Gasteiger partial charge is 0.467 e. The van der Waals surface area contributed by atoms with Crippen LogP contribution in [0, 0.1) is 6.92 Å². The minimum atomic E-state index is -4.53. The second-order valence-electron chi connectivity index (χ2n) is 6.00. The number of halogens is 4. The Morgan fingerprint density at radius 1 is 1.24 bits per heavy atom. The number of carbonyl (C=O) groups excluding carboxylic acids is 2. The van der Waals surface area contributed by atoms with Gasteiger partial charge in [-0.05, 0) is 30.7 Å². The predicted molar refractivity (Wildman–Crippen MR) is 99.9 cm³/mol. The molecular weight excluding hydrogens is 413 g/mol. The number of hydrogen-bond donors (Lipinski definition) is 2. The molecule has 2 aromatic rings. The molecule has 0 saturated heterocycles. The Labute approximate surface area is 169 Å². The van der Waals surface area contributed by atoms with Crippen molar-refractivity contribution >= 4 is 29.2 Å². The summed E-state index contributed by atoms with van der Waals surface area (Å²) in [6.45, 7) is 2.05. The van der Waals surface area contributed by atoms with E-state index in [4.69, 9.17) is 11.6 Å². The summed E-state index contributed by atoms with van der Waals surface area (Å²) in [4.78, 5) is 31.6. The van der Waals surface area contributed by atoms with Gasteiger partial charge in [-0.1, -0.05) is 18.5 Å². The fourth-order valence-corrected chi connectivity index (χ4v) is 2.45. The number of alkyl halides is 3. The summed E-state index contributed by atoms with van der Waals surface area (Å²) in [6.07, 6.45) is -3.16. The van der Waals surface area contributed by atoms with E-state index in [-0.39, 0.29) is 23.0 Å². The molecule has 2 rings (SSSR count). The summed E-state index contributed by atoms with van der Waals surface area (Å²) in [7, 11) is 0. The van der Waals surface area contributed by atoms with Crippen LogP contribution in [0.1, 0.15) is 35.0 Å². The fourth-order valence-electron chi connectivity index (χ4n) is 2.23. The van der Waals surface area contributed by atoms with E-state index in [0.29, 0.717) is 23.5 Å². The summed E-state index contributed by atoms with van der Waals surface area (Å²) in [5, 5.41) is 5.07. The smallest absolute Gasteiger partial charge is 0.422 e. The molecule has 0 aliphatic carbocycles. The molecule has 0 bridgehead atoms. The minimum absolute atomic E-state index is 0.0552. The average molecular weight is 431 g/mol. The fraction of sp³-hybridized carbons (Fsp3) is 0.333. The molecule has 11 heteroatoms. The van der Waals surface area contributed by atoms with Gasteiger partial charge in [0, 0.05) is 24.9 Å². The standard InChI is InChI=1S/C18H18ClF3N4O3/c1-3-15(27)26-14-5-11(4-10(2)25-14)7-23-16(28)12-6-13(19)17(24-8-12)29-9-18(20,21)22/h4-6,8H,3,7,9H2,1-2H3,(H,23,28)(H,25,26,27). The summed E-state index contributed by atoms with van der Waals surface area (Å²) in [6, 6.07) is 4.53. The van der Waals surface area contributed by atoms with E-state index in [0.717, 1.165) is 6.20 Å². The number of aromatic nitrogens is 2. The molecule has 0 fully saturated rings. The predicted octanol–water partition coefficient (Wildman–Crippen LogP) is 3.66. The second-order valence-corrected chi connectivity index (χ2v) is 6.41. The first kappa shape index (κ1) is 22.4. The molecule has 0 atom stereocenters. The van der Waals surface area contributed by atoms with Crippen molar-refractivity contribution < 1.29 is 27.5 Å². The molecule has 2 N–H and O–H groups in total. The van der Waals surface area contributed by atoms with E-state index in [9.17, 15) is 22.8 Å². The van der Waals surface area contributed by atoms with Crippen LogP contribution in [0.3, 0.4) is 0 Å². The number of pyridine rings is 2. The molecule has 0 radical (unpaired) electrons. The van der Waals surface area contributed by atoms with E-state index in [1.807, 2.05) is 0 Å². The molecule has 2 aromatic heterocycles. The zero-order valence-corrected chi connectivity index (χ0v) is 16.3. The lowest BCUT2D eigenvalue weighted by atomic mass is 10.2. The summed E-state index contributed by atoms with van der Waals surface area (Å²) < 4.78 is 41.1. The minimum Gasteiger partial charge on any atom is -0.467 e. The molecule has 0 spiro atoms. The van der Waals surface area contributed by atoms with Crippen LogP contribution in [0.4, 0.5) is 19.0 Å². The van der Waals surface area contributed by atoms with E-state index < -0.39 is 24.6 Å². The van der Waals surface area contributed by atoms with Crippen LogP contribution in [0.5, 0.6) is 5.88 Å². The molecule has 0 aliphatic heterocycles. The number of nitrogens with zero attached hydrogens (tertiary/aromatic N) is 2. The highest BCUT2D eigenvalue weighted by atomic mass is 35.5. The number of carbonyl (C=O) groups is 2. The topological polar surface area (TPSA) is 93.2 Å². The van der Waals surface area contributed by atoms with Crippen molar-refractivity contribution in [2.45, 2.75) is 33.0 Å². The van der Waals surface area contributed by atoms with E-state index in [2.05, 4.69) is 25.3 Å². The highest BCUT2D eigenvalue weighted by Crippen LogP contribution is 2.25. The maximum absolute atomic E-state index is 12.3. The van der Waals surface area contributed by atoms with Crippen molar-refractivity contribution in [1.82, 2.24) is 15.3 Å². The van der Waals surface area contributed by atoms with Gasteiger partial charge in [0.2, 0.25) is 11.8 Å². The van der Waals surface area contributed by atoms with Gasteiger partial charge in [0.1, 0.15) is 10.8 Å². The maximum atomic E-state index is 12.3. The van der Waals surface area contributed by atoms with Crippen LogP contribution >= 0.6 is 11.6 Å². The van der Waals surface area contributed by atoms with Crippen LogP contribution in [0.15, 0.2) is 24.4 Å². The van der Waals surface area contributed by atoms with Gasteiger partial charge in [0.05, 0.1) is 5.56 Å². The van der Waals surface area contributed by atoms with Gasteiger partial charge in [-0.3, -0.25) is 9.59 Å². The quantitative estimate of drug-likeness (QED) is 0.699. The number of amides is 2. The van der Waals surface area contributed by atoms with Crippen molar-refractivity contribution in [2.75, 3.05) is 11.9 Å². The molecule has 0 aliphatic rings. The maximum Gasteiger partial charge on any atom is 0.422 e. The number of aryl methyl sites for hydroxylation is 1. The zero-order chi connectivity index (χ0) is 21.6. The molecule has 2 amide bonds. The first-order valence-electron chi connectivity index (χ1n) is 8.48. The number of ether oxygens (including phenoxy) is 1. The molecular formula is C18H18ClF3N4O3. The molecule has 2 heterocycles. The Hall–Kier alpha value is -2.88. The zero-order valence-electron chi connectivity index (χ0n) is 15.6. The molecule has 0 aromatic carbocycles. The van der Waals surface area contributed by atoms with Crippen LogP contribution in [0.2, 0.25) is 5.02 Å². The highest BCUT2D eigenvalue weighted by molar-refractivity contribution is 6.32. The van der Waals surface area contributed by atoms with Gasteiger partial charge < -0.3 is 15.4 Å². The van der Waals surface area contributed by atoms with Gasteiger partial charge in [-0.2, -0.15) is 13.2 Å². The average Bonchev–Trinajstić information content (AvgIpc) is 2.63. The number of rotatable bonds is 7.